The van der Waals surface area contributed by atoms with Crippen LogP contribution in [0, 0.1) is 5.82 Å². The van der Waals surface area contributed by atoms with Gasteiger partial charge >= 0.3 is 0 Å². The number of thiophene rings is 1. The van der Waals surface area contributed by atoms with Gasteiger partial charge in [-0.15, -0.1) is 22.7 Å². The van der Waals surface area contributed by atoms with E-state index < -0.39 is 0 Å². The van der Waals surface area contributed by atoms with Crippen molar-refractivity contribution >= 4 is 33.5 Å². The van der Waals surface area contributed by atoms with E-state index in [0.717, 1.165) is 39.0 Å². The Hall–Kier alpha value is -3.61. The summed E-state index contributed by atoms with van der Waals surface area (Å²) in [5.74, 6) is -0.233. The molecule has 0 radical (unpaired) electrons. The first-order valence-electron chi connectivity index (χ1n) is 11.0. The fourth-order valence-electron chi connectivity index (χ4n) is 4.19. The topological polar surface area (TPSA) is 28.5 Å². The Balaban J connectivity index is 1.32. The zero-order valence-electron chi connectivity index (χ0n) is 18.1. The lowest BCUT2D eigenvalue weighted by atomic mass is 10.0. The summed E-state index contributed by atoms with van der Waals surface area (Å²) in [6, 6.07) is 29.7. The molecule has 5 aromatic rings. The second-order valence-electron chi connectivity index (χ2n) is 8.10. The lowest BCUT2D eigenvalue weighted by Gasteiger charge is -2.21. The van der Waals surface area contributed by atoms with E-state index in [0.29, 0.717) is 0 Å². The van der Waals surface area contributed by atoms with Gasteiger partial charge in [0.2, 0.25) is 5.13 Å². The highest BCUT2D eigenvalue weighted by atomic mass is 32.1. The molecule has 34 heavy (non-hydrogen) atoms. The van der Waals surface area contributed by atoms with Crippen molar-refractivity contribution in [2.75, 3.05) is 5.01 Å². The fourth-order valence-corrected chi connectivity index (χ4v) is 5.74. The molecule has 0 aliphatic carbocycles. The van der Waals surface area contributed by atoms with E-state index in [-0.39, 0.29) is 11.9 Å². The molecule has 0 unspecified atom stereocenters. The van der Waals surface area contributed by atoms with Crippen LogP contribution in [0.1, 0.15) is 22.9 Å². The van der Waals surface area contributed by atoms with Crippen molar-refractivity contribution in [3.63, 3.8) is 0 Å². The first kappa shape index (κ1) is 21.0. The average molecular weight is 482 g/mol. The molecule has 3 nitrogen and oxygen atoms in total. The molecule has 1 aliphatic rings. The average Bonchev–Trinajstić information content (AvgIpc) is 3.66. The van der Waals surface area contributed by atoms with Crippen LogP contribution >= 0.6 is 22.7 Å². The maximum absolute atomic E-state index is 13.6. The van der Waals surface area contributed by atoms with E-state index in [2.05, 4.69) is 65.4 Å². The minimum Gasteiger partial charge on any atom is -0.231 e. The molecule has 0 amide bonds. The van der Waals surface area contributed by atoms with Crippen LogP contribution in [-0.4, -0.2) is 10.7 Å². The lowest BCUT2D eigenvalue weighted by molar-refractivity contribution is 0.624. The normalized spacial score (nSPS) is 15.5. The van der Waals surface area contributed by atoms with E-state index in [4.69, 9.17) is 10.1 Å². The highest BCUT2D eigenvalue weighted by molar-refractivity contribution is 7.14. The Bertz CT molecular complexity index is 1420. The second kappa shape index (κ2) is 8.97. The predicted octanol–water partition coefficient (Wildman–Crippen LogP) is 8.03. The van der Waals surface area contributed by atoms with E-state index in [1.807, 2.05) is 29.3 Å². The quantitative estimate of drug-likeness (QED) is 0.254. The molecular formula is C28H20FN3S2. The molecule has 3 aromatic carbocycles. The number of hydrogen-bond acceptors (Lipinski definition) is 5. The summed E-state index contributed by atoms with van der Waals surface area (Å²) in [6.45, 7) is 0. The zero-order chi connectivity index (χ0) is 22.9. The first-order valence-corrected chi connectivity index (χ1v) is 12.8. The number of anilines is 1. The second-order valence-corrected chi connectivity index (χ2v) is 9.88. The van der Waals surface area contributed by atoms with Gasteiger partial charge in [-0.3, -0.25) is 0 Å². The summed E-state index contributed by atoms with van der Waals surface area (Å²) in [7, 11) is 0. The highest BCUT2D eigenvalue weighted by Crippen LogP contribution is 2.40. The van der Waals surface area contributed by atoms with Crippen molar-refractivity contribution in [1.29, 1.82) is 0 Å². The molecule has 1 aliphatic heterocycles. The van der Waals surface area contributed by atoms with E-state index in [9.17, 15) is 4.39 Å². The Morgan fingerprint density at radius 2 is 1.50 bits per heavy atom. The number of benzene rings is 3. The summed E-state index contributed by atoms with van der Waals surface area (Å²) in [5, 5.41) is 11.9. The number of hydrogen-bond donors (Lipinski definition) is 0. The summed E-state index contributed by atoms with van der Waals surface area (Å²) >= 11 is 3.26. The molecular weight excluding hydrogens is 461 g/mol. The van der Waals surface area contributed by atoms with Crippen molar-refractivity contribution in [1.82, 2.24) is 4.98 Å². The fraction of sp³-hybridized carbons (Fsp3) is 0.0714. The van der Waals surface area contributed by atoms with Crippen LogP contribution in [0.3, 0.4) is 0 Å². The minimum atomic E-state index is -0.233. The van der Waals surface area contributed by atoms with Crippen molar-refractivity contribution in [3.8, 4) is 22.4 Å². The molecule has 0 fully saturated rings. The smallest absolute Gasteiger partial charge is 0.207 e. The van der Waals surface area contributed by atoms with Gasteiger partial charge in [-0.2, -0.15) is 5.10 Å². The lowest BCUT2D eigenvalue weighted by Crippen LogP contribution is -2.18. The maximum Gasteiger partial charge on any atom is 0.207 e. The molecule has 0 N–H and O–H groups in total. The van der Waals surface area contributed by atoms with Gasteiger partial charge in [0.1, 0.15) is 5.82 Å². The molecule has 166 valence electrons. The van der Waals surface area contributed by atoms with Crippen molar-refractivity contribution in [2.45, 2.75) is 12.5 Å². The third-order valence-corrected chi connectivity index (χ3v) is 7.70. The number of rotatable bonds is 5. The molecule has 3 heterocycles. The number of nitrogens with zero attached hydrogens (tertiary/aromatic N) is 3. The van der Waals surface area contributed by atoms with Gasteiger partial charge in [0.05, 0.1) is 22.3 Å². The molecule has 0 spiro atoms. The van der Waals surface area contributed by atoms with Gasteiger partial charge in [-0.25, -0.2) is 14.4 Å². The predicted molar refractivity (Wildman–Crippen MR) is 140 cm³/mol. The third kappa shape index (κ3) is 4.06. The van der Waals surface area contributed by atoms with Crippen molar-refractivity contribution < 1.29 is 4.39 Å². The maximum atomic E-state index is 13.6. The van der Waals surface area contributed by atoms with Gasteiger partial charge in [0.15, 0.2) is 0 Å². The molecule has 6 heteroatoms. The van der Waals surface area contributed by atoms with Gasteiger partial charge < -0.3 is 0 Å². The molecule has 2 aromatic heterocycles. The van der Waals surface area contributed by atoms with Crippen LogP contribution < -0.4 is 5.01 Å². The molecule has 0 saturated carbocycles. The molecule has 0 saturated heterocycles. The first-order chi connectivity index (χ1) is 16.7. The minimum absolute atomic E-state index is 0.0165. The van der Waals surface area contributed by atoms with Gasteiger partial charge in [-0.1, -0.05) is 72.8 Å². The van der Waals surface area contributed by atoms with E-state index in [1.165, 1.54) is 23.3 Å². The zero-order valence-corrected chi connectivity index (χ0v) is 19.8. The Kier molecular flexibility index (Phi) is 5.53. The monoisotopic (exact) mass is 481 g/mol. The van der Waals surface area contributed by atoms with Crippen LogP contribution in [0.25, 0.3) is 22.4 Å². The number of aromatic nitrogens is 1. The van der Waals surface area contributed by atoms with Crippen LogP contribution in [0.2, 0.25) is 0 Å². The SMILES string of the molecule is Fc1ccc([C@H]2CC(c3cccs3)=NN2c2nc(-c3ccc(-c4ccccc4)cc3)cs2)cc1. The van der Waals surface area contributed by atoms with Crippen LogP contribution in [0.5, 0.6) is 0 Å². The highest BCUT2D eigenvalue weighted by Gasteiger charge is 2.32. The third-order valence-electron chi connectivity index (χ3n) is 5.95. The van der Waals surface area contributed by atoms with E-state index in [1.54, 1.807) is 22.7 Å². The largest absolute Gasteiger partial charge is 0.231 e. The summed E-state index contributed by atoms with van der Waals surface area (Å²) < 4.78 is 13.6. The van der Waals surface area contributed by atoms with E-state index >= 15 is 0 Å². The number of hydrazone groups is 1. The van der Waals surface area contributed by atoms with Crippen LogP contribution in [0.4, 0.5) is 9.52 Å². The summed E-state index contributed by atoms with van der Waals surface area (Å²) in [5.41, 5.74) is 6.44. The number of halogens is 1. The van der Waals surface area contributed by atoms with Crippen molar-refractivity contribution in [3.05, 3.63) is 118 Å². The molecule has 0 bridgehead atoms. The van der Waals surface area contributed by atoms with Gasteiger partial charge in [-0.05, 0) is 40.3 Å². The Morgan fingerprint density at radius 1 is 0.765 bits per heavy atom. The molecule has 1 atom stereocenters. The van der Waals surface area contributed by atoms with Crippen LogP contribution in [-0.2, 0) is 0 Å². The summed E-state index contributed by atoms with van der Waals surface area (Å²) in [6.07, 6.45) is 0.757. The van der Waals surface area contributed by atoms with Crippen LogP contribution in [0.15, 0.2) is 107 Å². The van der Waals surface area contributed by atoms with Gasteiger partial charge in [0.25, 0.3) is 0 Å². The number of thiazole rings is 1. The standard InChI is InChI=1S/C28H20FN3S2/c29-23-14-12-22(13-15-23)26-17-24(27-7-4-16-33-27)31-32(26)28-30-25(18-34-28)21-10-8-20(9-11-21)19-5-2-1-3-6-19/h1-16,18,26H,17H2/t26-/m1/s1. The Labute approximate surface area is 205 Å². The van der Waals surface area contributed by atoms with Gasteiger partial charge in [0, 0.05) is 17.4 Å². The molecule has 6 rings (SSSR count). The summed E-state index contributed by atoms with van der Waals surface area (Å²) in [4.78, 5) is 6.10. The van der Waals surface area contributed by atoms with Crippen molar-refractivity contribution in [2.24, 2.45) is 5.10 Å². The Morgan fingerprint density at radius 3 is 2.24 bits per heavy atom.